The molecule has 156 valence electrons. The molecule has 2 aromatic carbocycles. The first-order valence-corrected chi connectivity index (χ1v) is 9.98. The standard InChI is InChI=1S/C21H22N4O4S/c1-12-7-5-8-14(11-12)20-24-25-21(30-20)23-18(26)13(2)22-19(27)17-15(28-3)9-6-10-16(17)29-4/h5-11,13H,1-4H3,(H,22,27)(H,23,25,26). The Hall–Kier alpha value is -3.46. The molecule has 0 spiro atoms. The predicted molar refractivity (Wildman–Crippen MR) is 115 cm³/mol. The Kier molecular flexibility index (Phi) is 6.63. The summed E-state index contributed by atoms with van der Waals surface area (Å²) in [4.78, 5) is 25.3. The predicted octanol–water partition coefficient (Wildman–Crippen LogP) is 3.29. The Morgan fingerprint density at radius 1 is 1.03 bits per heavy atom. The number of methoxy groups -OCH3 is 2. The topological polar surface area (TPSA) is 102 Å². The van der Waals surface area contributed by atoms with Gasteiger partial charge in [0.05, 0.1) is 14.2 Å². The van der Waals surface area contributed by atoms with Crippen LogP contribution in [0.1, 0.15) is 22.8 Å². The van der Waals surface area contributed by atoms with E-state index in [9.17, 15) is 9.59 Å². The maximum Gasteiger partial charge on any atom is 0.259 e. The van der Waals surface area contributed by atoms with Crippen LogP contribution in [0.25, 0.3) is 10.6 Å². The van der Waals surface area contributed by atoms with Crippen molar-refractivity contribution in [2.24, 2.45) is 0 Å². The maximum atomic E-state index is 12.7. The number of aromatic nitrogens is 2. The van der Waals surface area contributed by atoms with E-state index in [0.717, 1.165) is 11.1 Å². The molecule has 0 aliphatic carbocycles. The van der Waals surface area contributed by atoms with Gasteiger partial charge in [-0.15, -0.1) is 10.2 Å². The monoisotopic (exact) mass is 426 g/mol. The van der Waals surface area contributed by atoms with E-state index in [0.29, 0.717) is 21.6 Å². The van der Waals surface area contributed by atoms with Crippen molar-refractivity contribution in [1.82, 2.24) is 15.5 Å². The van der Waals surface area contributed by atoms with Gasteiger partial charge in [-0.1, -0.05) is 41.2 Å². The third kappa shape index (κ3) is 4.74. The molecule has 0 aliphatic heterocycles. The summed E-state index contributed by atoms with van der Waals surface area (Å²) in [5.74, 6) is -0.188. The molecule has 0 radical (unpaired) electrons. The van der Waals surface area contributed by atoms with E-state index >= 15 is 0 Å². The number of benzene rings is 2. The van der Waals surface area contributed by atoms with Crippen LogP contribution in [-0.4, -0.2) is 42.3 Å². The summed E-state index contributed by atoms with van der Waals surface area (Å²) < 4.78 is 10.5. The van der Waals surface area contributed by atoms with Crippen molar-refractivity contribution in [1.29, 1.82) is 0 Å². The normalized spacial score (nSPS) is 11.5. The van der Waals surface area contributed by atoms with Crippen molar-refractivity contribution in [2.45, 2.75) is 19.9 Å². The van der Waals surface area contributed by atoms with Crippen molar-refractivity contribution in [3.63, 3.8) is 0 Å². The van der Waals surface area contributed by atoms with Crippen LogP contribution < -0.4 is 20.1 Å². The summed E-state index contributed by atoms with van der Waals surface area (Å²) in [5, 5.41) is 14.5. The van der Waals surface area contributed by atoms with Gasteiger partial charge in [-0.25, -0.2) is 0 Å². The zero-order valence-electron chi connectivity index (χ0n) is 17.1. The minimum absolute atomic E-state index is 0.222. The first-order valence-electron chi connectivity index (χ1n) is 9.16. The minimum atomic E-state index is -0.821. The van der Waals surface area contributed by atoms with Gasteiger partial charge in [0.1, 0.15) is 28.1 Å². The highest BCUT2D eigenvalue weighted by molar-refractivity contribution is 7.18. The van der Waals surface area contributed by atoms with E-state index in [2.05, 4.69) is 20.8 Å². The molecule has 1 heterocycles. The molecule has 0 aliphatic rings. The van der Waals surface area contributed by atoms with Crippen LogP contribution in [0.5, 0.6) is 11.5 Å². The number of carbonyl (C=O) groups excluding carboxylic acids is 2. The average Bonchev–Trinajstić information content (AvgIpc) is 3.21. The van der Waals surface area contributed by atoms with E-state index in [1.54, 1.807) is 25.1 Å². The van der Waals surface area contributed by atoms with Crippen LogP contribution in [0.3, 0.4) is 0 Å². The Bertz CT molecular complexity index is 1040. The van der Waals surface area contributed by atoms with Crippen LogP contribution in [0.15, 0.2) is 42.5 Å². The molecule has 30 heavy (non-hydrogen) atoms. The third-order valence-corrected chi connectivity index (χ3v) is 5.20. The highest BCUT2D eigenvalue weighted by Gasteiger charge is 2.23. The first-order chi connectivity index (χ1) is 14.4. The van der Waals surface area contributed by atoms with E-state index < -0.39 is 17.9 Å². The molecule has 3 aromatic rings. The zero-order valence-corrected chi connectivity index (χ0v) is 17.9. The quantitative estimate of drug-likeness (QED) is 0.601. The molecule has 3 rings (SSSR count). The third-order valence-electron chi connectivity index (χ3n) is 4.32. The van der Waals surface area contributed by atoms with E-state index in [4.69, 9.17) is 9.47 Å². The number of rotatable bonds is 7. The lowest BCUT2D eigenvalue weighted by molar-refractivity contribution is -0.117. The number of carbonyl (C=O) groups is 2. The molecule has 0 saturated heterocycles. The smallest absolute Gasteiger partial charge is 0.259 e. The maximum absolute atomic E-state index is 12.7. The number of hydrogen-bond donors (Lipinski definition) is 2. The largest absolute Gasteiger partial charge is 0.496 e. The van der Waals surface area contributed by atoms with Gasteiger partial charge in [0, 0.05) is 5.56 Å². The fourth-order valence-electron chi connectivity index (χ4n) is 2.79. The molecule has 8 nitrogen and oxygen atoms in total. The van der Waals surface area contributed by atoms with Gasteiger partial charge < -0.3 is 14.8 Å². The number of nitrogens with zero attached hydrogens (tertiary/aromatic N) is 2. The molecule has 1 unspecified atom stereocenters. The number of ether oxygens (including phenoxy) is 2. The summed E-state index contributed by atoms with van der Waals surface area (Å²) >= 11 is 1.26. The van der Waals surface area contributed by atoms with Gasteiger partial charge in [-0.3, -0.25) is 14.9 Å². The molecule has 0 fully saturated rings. The molecule has 2 N–H and O–H groups in total. The summed E-state index contributed by atoms with van der Waals surface area (Å²) in [5.41, 5.74) is 2.26. The number of amides is 2. The molecular weight excluding hydrogens is 404 g/mol. The Morgan fingerprint density at radius 3 is 2.33 bits per heavy atom. The van der Waals surface area contributed by atoms with Crippen molar-refractivity contribution < 1.29 is 19.1 Å². The molecule has 9 heteroatoms. The SMILES string of the molecule is COc1cccc(OC)c1C(=O)NC(C)C(=O)Nc1nnc(-c2cccc(C)c2)s1. The second kappa shape index (κ2) is 9.36. The highest BCUT2D eigenvalue weighted by Crippen LogP contribution is 2.29. The first kappa shape index (κ1) is 21.3. The number of aryl methyl sites for hydroxylation is 1. The second-order valence-electron chi connectivity index (χ2n) is 6.50. The molecule has 1 atom stereocenters. The molecule has 1 aromatic heterocycles. The Balaban J connectivity index is 1.68. The van der Waals surface area contributed by atoms with Crippen molar-refractivity contribution in [3.05, 3.63) is 53.6 Å². The van der Waals surface area contributed by atoms with Crippen LogP contribution in [0.4, 0.5) is 5.13 Å². The number of anilines is 1. The number of hydrogen-bond acceptors (Lipinski definition) is 7. The fraction of sp³-hybridized carbons (Fsp3) is 0.238. The summed E-state index contributed by atoms with van der Waals surface area (Å²) in [7, 11) is 2.92. The second-order valence-corrected chi connectivity index (χ2v) is 7.48. The summed E-state index contributed by atoms with van der Waals surface area (Å²) in [6.45, 7) is 3.58. The van der Waals surface area contributed by atoms with Crippen LogP contribution in [0, 0.1) is 6.92 Å². The molecule has 2 amide bonds. The zero-order chi connectivity index (χ0) is 21.7. The van der Waals surface area contributed by atoms with E-state index in [1.807, 2.05) is 31.2 Å². The van der Waals surface area contributed by atoms with Gasteiger partial charge in [-0.2, -0.15) is 0 Å². The van der Waals surface area contributed by atoms with Crippen LogP contribution in [0.2, 0.25) is 0 Å². The summed E-state index contributed by atoms with van der Waals surface area (Å²) in [6.07, 6.45) is 0. The van der Waals surface area contributed by atoms with Gasteiger partial charge in [0.15, 0.2) is 0 Å². The Labute approximate surface area is 178 Å². The lowest BCUT2D eigenvalue weighted by Gasteiger charge is -2.16. The van der Waals surface area contributed by atoms with Gasteiger partial charge in [-0.05, 0) is 32.0 Å². The van der Waals surface area contributed by atoms with Gasteiger partial charge >= 0.3 is 0 Å². The van der Waals surface area contributed by atoms with Crippen molar-refractivity contribution >= 4 is 28.3 Å². The average molecular weight is 426 g/mol. The van der Waals surface area contributed by atoms with E-state index in [1.165, 1.54) is 25.6 Å². The van der Waals surface area contributed by atoms with Crippen LogP contribution in [-0.2, 0) is 4.79 Å². The van der Waals surface area contributed by atoms with Crippen LogP contribution >= 0.6 is 11.3 Å². The van der Waals surface area contributed by atoms with E-state index in [-0.39, 0.29) is 5.56 Å². The van der Waals surface area contributed by atoms with Crippen molar-refractivity contribution in [3.8, 4) is 22.1 Å². The van der Waals surface area contributed by atoms with Gasteiger partial charge in [0.25, 0.3) is 5.91 Å². The Morgan fingerprint density at radius 2 is 1.70 bits per heavy atom. The lowest BCUT2D eigenvalue weighted by Crippen LogP contribution is -2.41. The van der Waals surface area contributed by atoms with Gasteiger partial charge in [0.2, 0.25) is 11.0 Å². The molecule has 0 bridgehead atoms. The lowest BCUT2D eigenvalue weighted by atomic mass is 10.1. The van der Waals surface area contributed by atoms with Crippen molar-refractivity contribution in [2.75, 3.05) is 19.5 Å². The number of nitrogens with one attached hydrogen (secondary N) is 2. The fourth-order valence-corrected chi connectivity index (χ4v) is 3.53. The highest BCUT2D eigenvalue weighted by atomic mass is 32.1. The molecule has 0 saturated carbocycles. The minimum Gasteiger partial charge on any atom is -0.496 e. The molecular formula is C21H22N4O4S. The summed E-state index contributed by atoms with van der Waals surface area (Å²) in [6, 6.07) is 12.1.